The predicted molar refractivity (Wildman–Crippen MR) is 109 cm³/mol. The summed E-state index contributed by atoms with van der Waals surface area (Å²) in [5, 5.41) is 3.17. The molecule has 152 valence electrons. The van der Waals surface area contributed by atoms with Crippen molar-refractivity contribution in [2.45, 2.75) is 32.6 Å². The maximum absolute atomic E-state index is 5.67. The van der Waals surface area contributed by atoms with Crippen LogP contribution in [0.5, 0.6) is 11.5 Å². The lowest BCUT2D eigenvalue weighted by Crippen LogP contribution is -2.37. The molecule has 1 aromatic heterocycles. The third kappa shape index (κ3) is 4.49. The van der Waals surface area contributed by atoms with Gasteiger partial charge in [0.25, 0.3) is 0 Å². The Labute approximate surface area is 170 Å². The van der Waals surface area contributed by atoms with E-state index in [1.165, 1.54) is 0 Å². The van der Waals surface area contributed by atoms with Crippen LogP contribution in [0.15, 0.2) is 23.6 Å². The molecular weight excluding hydrogens is 376 g/mol. The standard InChI is InChI=1S/C21H28N2O4S/c1-3-25-18-5-4-16(12-19(18)24-2)20-22-17(14-28-20)13-23-8-6-15(7-9-23)21-26-10-11-27-21/h4-5,12,14-15,21H,3,6-11,13H2,1-2H3. The van der Waals surface area contributed by atoms with Crippen molar-refractivity contribution < 1.29 is 18.9 Å². The number of hydrogen-bond donors (Lipinski definition) is 0. The normalized spacial score (nSPS) is 19.2. The van der Waals surface area contributed by atoms with Crippen LogP contribution < -0.4 is 9.47 Å². The fourth-order valence-corrected chi connectivity index (χ4v) is 4.66. The van der Waals surface area contributed by atoms with Crippen LogP contribution in [-0.2, 0) is 16.0 Å². The van der Waals surface area contributed by atoms with Gasteiger partial charge in [-0.15, -0.1) is 11.3 Å². The lowest BCUT2D eigenvalue weighted by molar-refractivity contribution is -0.0978. The van der Waals surface area contributed by atoms with Crippen molar-refractivity contribution in [1.29, 1.82) is 0 Å². The van der Waals surface area contributed by atoms with E-state index in [9.17, 15) is 0 Å². The van der Waals surface area contributed by atoms with E-state index in [4.69, 9.17) is 23.9 Å². The second-order valence-corrected chi connectivity index (χ2v) is 8.02. The van der Waals surface area contributed by atoms with Gasteiger partial charge in [-0.1, -0.05) is 0 Å². The van der Waals surface area contributed by atoms with E-state index in [1.54, 1.807) is 18.4 Å². The Balaban J connectivity index is 1.36. The van der Waals surface area contributed by atoms with E-state index in [-0.39, 0.29) is 6.29 Å². The molecule has 0 N–H and O–H groups in total. The van der Waals surface area contributed by atoms with Crippen molar-refractivity contribution >= 4 is 11.3 Å². The Morgan fingerprint density at radius 1 is 1.18 bits per heavy atom. The fourth-order valence-electron chi connectivity index (χ4n) is 3.85. The second-order valence-electron chi connectivity index (χ2n) is 7.17. The number of benzene rings is 1. The van der Waals surface area contributed by atoms with Gasteiger partial charge in [0.05, 0.1) is 32.6 Å². The zero-order chi connectivity index (χ0) is 19.3. The minimum atomic E-state index is 0.0164. The summed E-state index contributed by atoms with van der Waals surface area (Å²) in [5.74, 6) is 2.04. The average molecular weight is 405 g/mol. The van der Waals surface area contributed by atoms with Gasteiger partial charge in [-0.25, -0.2) is 4.98 Å². The summed E-state index contributed by atoms with van der Waals surface area (Å²) in [5.41, 5.74) is 2.19. The predicted octanol–water partition coefficient (Wildman–Crippen LogP) is 3.80. The van der Waals surface area contributed by atoms with E-state index in [0.717, 1.165) is 73.5 Å². The lowest BCUT2D eigenvalue weighted by Gasteiger charge is -2.33. The third-order valence-electron chi connectivity index (χ3n) is 5.31. The van der Waals surface area contributed by atoms with Crippen LogP contribution in [0.25, 0.3) is 10.6 Å². The maximum atomic E-state index is 5.67. The molecule has 0 unspecified atom stereocenters. The first-order valence-corrected chi connectivity index (χ1v) is 10.9. The molecule has 2 saturated heterocycles. The van der Waals surface area contributed by atoms with Crippen molar-refractivity contribution in [3.63, 3.8) is 0 Å². The van der Waals surface area contributed by atoms with Gasteiger partial charge in [0.2, 0.25) is 0 Å². The van der Waals surface area contributed by atoms with Gasteiger partial charge in [0.15, 0.2) is 17.8 Å². The molecule has 0 atom stereocenters. The Morgan fingerprint density at radius 3 is 2.68 bits per heavy atom. The third-order valence-corrected chi connectivity index (χ3v) is 6.25. The van der Waals surface area contributed by atoms with Crippen molar-refractivity contribution in [3.05, 3.63) is 29.3 Å². The summed E-state index contributed by atoms with van der Waals surface area (Å²) in [6.07, 6.45) is 2.26. The monoisotopic (exact) mass is 404 g/mol. The molecule has 3 heterocycles. The first kappa shape index (κ1) is 19.6. The molecule has 2 aromatic rings. The number of nitrogens with zero attached hydrogens (tertiary/aromatic N) is 2. The molecule has 2 aliphatic heterocycles. The number of aromatic nitrogens is 1. The summed E-state index contributed by atoms with van der Waals surface area (Å²) < 4.78 is 22.4. The van der Waals surface area contributed by atoms with Crippen LogP contribution >= 0.6 is 11.3 Å². The molecule has 2 fully saturated rings. The van der Waals surface area contributed by atoms with Crippen LogP contribution in [0, 0.1) is 5.92 Å². The highest BCUT2D eigenvalue weighted by atomic mass is 32.1. The first-order valence-electron chi connectivity index (χ1n) is 9.98. The molecule has 0 saturated carbocycles. The molecule has 0 amide bonds. The zero-order valence-electron chi connectivity index (χ0n) is 16.6. The van der Waals surface area contributed by atoms with Crippen molar-refractivity contribution in [2.75, 3.05) is 40.0 Å². The Morgan fingerprint density at radius 2 is 1.96 bits per heavy atom. The molecule has 0 bridgehead atoms. The summed E-state index contributed by atoms with van der Waals surface area (Å²) in [4.78, 5) is 7.33. The highest BCUT2D eigenvalue weighted by Crippen LogP contribution is 2.34. The molecule has 4 rings (SSSR count). The van der Waals surface area contributed by atoms with E-state index >= 15 is 0 Å². The zero-order valence-corrected chi connectivity index (χ0v) is 17.4. The number of piperidine rings is 1. The van der Waals surface area contributed by atoms with Crippen LogP contribution in [0.4, 0.5) is 0 Å². The summed E-state index contributed by atoms with van der Waals surface area (Å²) in [6, 6.07) is 6.00. The average Bonchev–Trinajstić information content (AvgIpc) is 3.41. The first-order chi connectivity index (χ1) is 13.8. The van der Waals surface area contributed by atoms with E-state index < -0.39 is 0 Å². The van der Waals surface area contributed by atoms with Gasteiger partial charge in [-0.2, -0.15) is 0 Å². The van der Waals surface area contributed by atoms with Crippen LogP contribution in [0.2, 0.25) is 0 Å². The number of likely N-dealkylation sites (tertiary alicyclic amines) is 1. The molecule has 6 nitrogen and oxygen atoms in total. The minimum Gasteiger partial charge on any atom is -0.493 e. The van der Waals surface area contributed by atoms with Crippen molar-refractivity contribution in [3.8, 4) is 22.1 Å². The SMILES string of the molecule is CCOc1ccc(-c2nc(CN3CCC(C4OCCO4)CC3)cs2)cc1OC. The fraction of sp³-hybridized carbons (Fsp3) is 0.571. The Hall–Kier alpha value is -1.67. The van der Waals surface area contributed by atoms with Crippen molar-refractivity contribution in [2.24, 2.45) is 5.92 Å². The van der Waals surface area contributed by atoms with E-state index in [0.29, 0.717) is 12.5 Å². The smallest absolute Gasteiger partial charge is 0.161 e. The van der Waals surface area contributed by atoms with E-state index in [1.807, 2.05) is 25.1 Å². The van der Waals surface area contributed by atoms with E-state index in [2.05, 4.69) is 10.3 Å². The topological polar surface area (TPSA) is 53.1 Å². The highest BCUT2D eigenvalue weighted by Gasteiger charge is 2.30. The van der Waals surface area contributed by atoms with Gasteiger partial charge in [0, 0.05) is 23.4 Å². The molecule has 28 heavy (non-hydrogen) atoms. The molecular formula is C21H28N2O4S. The number of thiazole rings is 1. The Bertz CT molecular complexity index is 768. The summed E-state index contributed by atoms with van der Waals surface area (Å²) in [7, 11) is 1.67. The second kappa shape index (κ2) is 9.22. The Kier molecular flexibility index (Phi) is 6.47. The quantitative estimate of drug-likeness (QED) is 0.700. The molecule has 0 spiro atoms. The van der Waals surface area contributed by atoms with Crippen molar-refractivity contribution in [1.82, 2.24) is 9.88 Å². The van der Waals surface area contributed by atoms with Gasteiger partial charge in [-0.05, 0) is 51.1 Å². The van der Waals surface area contributed by atoms with Gasteiger partial charge in [-0.3, -0.25) is 4.90 Å². The van der Waals surface area contributed by atoms with Gasteiger partial charge in [0.1, 0.15) is 5.01 Å². The summed E-state index contributed by atoms with van der Waals surface area (Å²) >= 11 is 1.68. The number of hydrogen-bond acceptors (Lipinski definition) is 7. The number of rotatable bonds is 7. The molecule has 2 aliphatic rings. The largest absolute Gasteiger partial charge is 0.493 e. The number of methoxy groups -OCH3 is 1. The lowest BCUT2D eigenvalue weighted by atomic mass is 9.96. The molecule has 0 radical (unpaired) electrons. The molecule has 0 aliphatic carbocycles. The molecule has 1 aromatic carbocycles. The number of ether oxygens (including phenoxy) is 4. The summed E-state index contributed by atoms with van der Waals surface area (Å²) in [6.45, 7) is 7.09. The maximum Gasteiger partial charge on any atom is 0.161 e. The molecule has 7 heteroatoms. The van der Waals surface area contributed by atoms with Crippen LogP contribution in [0.1, 0.15) is 25.5 Å². The van der Waals surface area contributed by atoms with Crippen LogP contribution in [-0.4, -0.2) is 56.2 Å². The minimum absolute atomic E-state index is 0.0164. The van der Waals surface area contributed by atoms with Gasteiger partial charge < -0.3 is 18.9 Å². The van der Waals surface area contributed by atoms with Gasteiger partial charge >= 0.3 is 0 Å². The highest BCUT2D eigenvalue weighted by molar-refractivity contribution is 7.13. The van der Waals surface area contributed by atoms with Crippen LogP contribution in [0.3, 0.4) is 0 Å².